The van der Waals surface area contributed by atoms with Crippen LogP contribution in [0.3, 0.4) is 0 Å². The molecule has 0 aromatic carbocycles. The third kappa shape index (κ3) is 7.33. The highest BCUT2D eigenvalue weighted by Crippen LogP contribution is 1.89. The van der Waals surface area contributed by atoms with Crippen molar-refractivity contribution in [3.8, 4) is 0 Å². The Kier molecular flexibility index (Phi) is 5.84. The molecule has 0 aromatic heterocycles. The first kappa shape index (κ1) is 10.4. The maximum atomic E-state index is 9.97. The molecular weight excluding hydrogens is 142 g/mol. The number of hydrogen-bond donors (Lipinski definition) is 1. The molecule has 1 N–H and O–H groups in total. The van der Waals surface area contributed by atoms with Crippen LogP contribution in [0.15, 0.2) is 0 Å². The van der Waals surface area contributed by atoms with Gasteiger partial charge in [0.25, 0.3) is 0 Å². The molecule has 0 amide bonds. The second kappa shape index (κ2) is 6.16. The first-order chi connectivity index (χ1) is 5.16. The highest BCUT2D eigenvalue weighted by molar-refractivity contribution is 5.64. The fraction of sp³-hybridized carbons (Fsp3) is 0.875. The van der Waals surface area contributed by atoms with Crippen LogP contribution in [-0.2, 0) is 4.79 Å². The van der Waals surface area contributed by atoms with Crippen molar-refractivity contribution in [3.05, 3.63) is 0 Å². The number of carboxylic acid groups (broad SMARTS) is 1. The minimum absolute atomic E-state index is 0.156. The Balaban J connectivity index is 3.08. The summed E-state index contributed by atoms with van der Waals surface area (Å²) in [4.78, 5) is 9.97. The number of nitrogens with one attached hydrogen (secondary N) is 1. The smallest absolute Gasteiger partial charge is 0.0414 e. The van der Waals surface area contributed by atoms with Crippen LogP contribution in [0.4, 0.5) is 0 Å². The zero-order valence-electron chi connectivity index (χ0n) is 7.22. The molecule has 0 aliphatic carbocycles. The van der Waals surface area contributed by atoms with Gasteiger partial charge in [0.2, 0.25) is 0 Å². The Morgan fingerprint density at radius 2 is 2.27 bits per heavy atom. The van der Waals surface area contributed by atoms with Crippen LogP contribution in [0.1, 0.15) is 33.1 Å². The van der Waals surface area contributed by atoms with Crippen LogP contribution in [0, 0.1) is 0 Å². The zero-order valence-corrected chi connectivity index (χ0v) is 7.22. The lowest BCUT2D eigenvalue weighted by atomic mass is 10.2. The Morgan fingerprint density at radius 1 is 1.64 bits per heavy atom. The summed E-state index contributed by atoms with van der Waals surface area (Å²) in [6.45, 7) is 4.94. The molecule has 0 rings (SSSR count). The molecule has 0 fully saturated rings. The second-order valence-electron chi connectivity index (χ2n) is 2.74. The van der Waals surface area contributed by atoms with Crippen molar-refractivity contribution in [2.75, 3.05) is 6.54 Å². The minimum atomic E-state index is -0.962. The summed E-state index contributed by atoms with van der Waals surface area (Å²) < 4.78 is 0. The van der Waals surface area contributed by atoms with Crippen molar-refractivity contribution in [2.45, 2.75) is 39.2 Å². The average molecular weight is 158 g/mol. The summed E-state index contributed by atoms with van der Waals surface area (Å²) in [6, 6.07) is 0.483. The molecule has 0 heterocycles. The van der Waals surface area contributed by atoms with E-state index in [9.17, 15) is 9.90 Å². The molecule has 3 nitrogen and oxygen atoms in total. The molecule has 0 aromatic rings. The Morgan fingerprint density at radius 3 is 2.73 bits per heavy atom. The van der Waals surface area contributed by atoms with Crippen molar-refractivity contribution in [1.82, 2.24) is 5.32 Å². The van der Waals surface area contributed by atoms with E-state index in [1.165, 1.54) is 0 Å². The summed E-state index contributed by atoms with van der Waals surface area (Å²) in [7, 11) is 0. The maximum absolute atomic E-state index is 9.97. The van der Waals surface area contributed by atoms with Crippen molar-refractivity contribution >= 4 is 5.97 Å². The van der Waals surface area contributed by atoms with Gasteiger partial charge >= 0.3 is 0 Å². The van der Waals surface area contributed by atoms with E-state index in [0.29, 0.717) is 12.5 Å². The van der Waals surface area contributed by atoms with E-state index in [-0.39, 0.29) is 6.42 Å². The molecule has 1 unspecified atom stereocenters. The number of carbonyl (C=O) groups is 1. The number of hydrogen-bond acceptors (Lipinski definition) is 3. The lowest BCUT2D eigenvalue weighted by molar-refractivity contribution is -0.305. The van der Waals surface area contributed by atoms with E-state index in [1.807, 2.05) is 0 Å². The van der Waals surface area contributed by atoms with E-state index in [0.717, 1.165) is 13.0 Å². The summed E-state index contributed by atoms with van der Waals surface area (Å²) in [5.74, 6) is -0.962. The van der Waals surface area contributed by atoms with Crippen LogP contribution in [-0.4, -0.2) is 18.6 Å². The first-order valence-electron chi connectivity index (χ1n) is 4.10. The summed E-state index contributed by atoms with van der Waals surface area (Å²) in [5, 5.41) is 13.2. The molecule has 0 bridgehead atoms. The molecule has 1 atom stereocenters. The van der Waals surface area contributed by atoms with Gasteiger partial charge < -0.3 is 15.2 Å². The fourth-order valence-electron chi connectivity index (χ4n) is 0.726. The van der Waals surface area contributed by atoms with Crippen molar-refractivity contribution in [3.63, 3.8) is 0 Å². The van der Waals surface area contributed by atoms with Crippen LogP contribution < -0.4 is 10.4 Å². The summed E-state index contributed by atoms with van der Waals surface area (Å²) >= 11 is 0. The van der Waals surface area contributed by atoms with Gasteiger partial charge in [-0.25, -0.2) is 0 Å². The lowest BCUT2D eigenvalue weighted by Crippen LogP contribution is -2.28. The number of rotatable bonds is 6. The molecule has 0 aliphatic rings. The van der Waals surface area contributed by atoms with Crippen LogP contribution >= 0.6 is 0 Å². The number of carbonyl (C=O) groups excluding carboxylic acids is 1. The van der Waals surface area contributed by atoms with Gasteiger partial charge in [0, 0.05) is 12.0 Å². The monoisotopic (exact) mass is 158 g/mol. The van der Waals surface area contributed by atoms with Crippen molar-refractivity contribution < 1.29 is 9.90 Å². The van der Waals surface area contributed by atoms with Crippen molar-refractivity contribution in [2.24, 2.45) is 0 Å². The zero-order chi connectivity index (χ0) is 8.69. The average Bonchev–Trinajstić information content (AvgIpc) is 1.97. The van der Waals surface area contributed by atoms with Crippen LogP contribution in [0.2, 0.25) is 0 Å². The van der Waals surface area contributed by atoms with Gasteiger partial charge in [-0.3, -0.25) is 0 Å². The standard InChI is InChI=1S/C8H17NO2/c1-3-7(2)9-6-4-5-8(10)11/h7,9H,3-6H2,1-2H3,(H,10,11)/p-1. The predicted octanol–water partition coefficient (Wildman–Crippen LogP) is -0.0954. The molecule has 0 radical (unpaired) electrons. The van der Waals surface area contributed by atoms with Gasteiger partial charge in [0.1, 0.15) is 0 Å². The topological polar surface area (TPSA) is 52.2 Å². The van der Waals surface area contributed by atoms with Gasteiger partial charge in [-0.15, -0.1) is 0 Å². The summed E-state index contributed by atoms with van der Waals surface area (Å²) in [5.41, 5.74) is 0. The fourth-order valence-corrected chi connectivity index (χ4v) is 0.726. The van der Waals surface area contributed by atoms with Crippen molar-refractivity contribution in [1.29, 1.82) is 0 Å². The third-order valence-electron chi connectivity index (χ3n) is 1.66. The van der Waals surface area contributed by atoms with Gasteiger partial charge in [-0.1, -0.05) is 6.92 Å². The Labute approximate surface area is 67.8 Å². The van der Waals surface area contributed by atoms with E-state index in [4.69, 9.17) is 0 Å². The molecule has 0 saturated carbocycles. The van der Waals surface area contributed by atoms with Gasteiger partial charge in [0.05, 0.1) is 0 Å². The molecule has 66 valence electrons. The highest BCUT2D eigenvalue weighted by Gasteiger charge is 1.95. The molecular formula is C8H16NO2-. The molecule has 3 heteroatoms. The van der Waals surface area contributed by atoms with E-state index in [2.05, 4.69) is 19.2 Å². The van der Waals surface area contributed by atoms with Crippen LogP contribution in [0.25, 0.3) is 0 Å². The van der Waals surface area contributed by atoms with Gasteiger partial charge in [-0.05, 0) is 32.7 Å². The summed E-state index contributed by atoms with van der Waals surface area (Å²) in [6.07, 6.45) is 1.89. The first-order valence-corrected chi connectivity index (χ1v) is 4.10. The molecule has 0 spiro atoms. The minimum Gasteiger partial charge on any atom is -0.550 e. The van der Waals surface area contributed by atoms with E-state index in [1.54, 1.807) is 0 Å². The van der Waals surface area contributed by atoms with E-state index >= 15 is 0 Å². The largest absolute Gasteiger partial charge is 0.550 e. The second-order valence-corrected chi connectivity index (χ2v) is 2.74. The Hall–Kier alpha value is -0.570. The number of aliphatic carboxylic acids is 1. The van der Waals surface area contributed by atoms with Gasteiger partial charge in [0.15, 0.2) is 0 Å². The normalized spacial score (nSPS) is 12.9. The molecule has 0 aliphatic heterocycles. The van der Waals surface area contributed by atoms with Gasteiger partial charge in [-0.2, -0.15) is 0 Å². The third-order valence-corrected chi connectivity index (χ3v) is 1.66. The Bertz CT molecular complexity index is 115. The highest BCUT2D eigenvalue weighted by atomic mass is 16.4. The number of carboxylic acids is 1. The quantitative estimate of drug-likeness (QED) is 0.549. The lowest BCUT2D eigenvalue weighted by Gasteiger charge is -2.10. The molecule has 0 saturated heterocycles. The molecule has 11 heavy (non-hydrogen) atoms. The predicted molar refractivity (Wildman–Crippen MR) is 42.0 cm³/mol. The van der Waals surface area contributed by atoms with Crippen LogP contribution in [0.5, 0.6) is 0 Å². The maximum Gasteiger partial charge on any atom is 0.0414 e. The van der Waals surface area contributed by atoms with E-state index < -0.39 is 5.97 Å². The SMILES string of the molecule is CCC(C)NCCCC(=O)[O-].